The van der Waals surface area contributed by atoms with E-state index in [1.54, 1.807) is 54.6 Å². The Bertz CT molecular complexity index is 3910. The molecule has 0 bridgehead atoms. The third-order valence-electron chi connectivity index (χ3n) is 13.1. The van der Waals surface area contributed by atoms with Gasteiger partial charge in [0.05, 0.1) is 40.3 Å². The van der Waals surface area contributed by atoms with E-state index in [1.807, 2.05) is 85.9 Å². The molecule has 77 heavy (non-hydrogen) atoms. The lowest BCUT2D eigenvalue weighted by atomic mass is 9.89. The van der Waals surface area contributed by atoms with Gasteiger partial charge >= 0.3 is 0 Å². The summed E-state index contributed by atoms with van der Waals surface area (Å²) in [5, 5.41) is 1.57. The maximum Gasteiger partial charge on any atom is 0.267 e. The van der Waals surface area contributed by atoms with Crippen LogP contribution in [0.2, 0.25) is 0 Å². The van der Waals surface area contributed by atoms with Gasteiger partial charge in [-0.15, -0.1) is 0 Å². The molecule has 2 amide bonds. The van der Waals surface area contributed by atoms with E-state index in [-0.39, 0.29) is 34.9 Å². The second-order valence-corrected chi connectivity index (χ2v) is 22.3. The lowest BCUT2D eigenvalue weighted by Gasteiger charge is -2.19. The second-order valence-electron chi connectivity index (χ2n) is 18.1. The number of nitrogens with one attached hydrogen (secondary N) is 2. The minimum Gasteiger partial charge on any atom is -0.495 e. The number of fused-ring (bicyclic) bond motifs is 4. The van der Waals surface area contributed by atoms with Crippen LogP contribution in [0.5, 0.6) is 46.0 Å². The number of benzene rings is 6. The summed E-state index contributed by atoms with van der Waals surface area (Å²) in [7, 11) is 0.874. The highest BCUT2D eigenvalue weighted by molar-refractivity contribution is 9.10. The molecule has 8 aromatic rings. The molecular formula is C56H53BrN4O14S2. The van der Waals surface area contributed by atoms with Gasteiger partial charge < -0.3 is 47.0 Å². The van der Waals surface area contributed by atoms with E-state index in [2.05, 4.69) is 32.0 Å². The topological polar surface area (TPSA) is 210 Å². The van der Waals surface area contributed by atoms with Gasteiger partial charge in [0, 0.05) is 52.8 Å². The molecule has 2 aromatic heterocycles. The zero-order valence-electron chi connectivity index (χ0n) is 43.1. The number of methoxy groups -OCH3 is 4. The van der Waals surface area contributed by atoms with Crippen LogP contribution in [0.4, 0.5) is 0 Å². The lowest BCUT2D eigenvalue weighted by molar-refractivity contribution is -0.120. The third kappa shape index (κ3) is 10.4. The number of ether oxygens (including phenoxy) is 8. The Balaban J connectivity index is 0.000000188. The van der Waals surface area contributed by atoms with Crippen LogP contribution in [-0.4, -0.2) is 79.8 Å². The molecule has 0 saturated carbocycles. The number of hydrogen-bond acceptors (Lipinski definition) is 14. The summed E-state index contributed by atoms with van der Waals surface area (Å²) in [5.74, 6) is -0.896. The molecule has 0 aliphatic carbocycles. The number of carbonyl (C=O) groups is 2. The van der Waals surface area contributed by atoms with Gasteiger partial charge in [0.2, 0.25) is 36.9 Å². The molecule has 0 saturated heterocycles. The molecule has 2 N–H and O–H groups in total. The number of aryl methyl sites for hydroxylation is 4. The molecule has 0 spiro atoms. The molecule has 21 heteroatoms. The fourth-order valence-electron chi connectivity index (χ4n) is 9.47. The summed E-state index contributed by atoms with van der Waals surface area (Å²) in [5.41, 5.74) is 6.43. The Morgan fingerprint density at radius 1 is 0.584 bits per heavy atom. The molecule has 4 heterocycles. The van der Waals surface area contributed by atoms with Crippen LogP contribution < -0.4 is 47.3 Å². The number of nitrogens with zero attached hydrogens (tertiary/aromatic N) is 2. The first-order valence-electron chi connectivity index (χ1n) is 23.6. The maximum absolute atomic E-state index is 14.0. The summed E-state index contributed by atoms with van der Waals surface area (Å²) in [6.45, 7) is 7.49. The Kier molecular flexibility index (Phi) is 15.0. The summed E-state index contributed by atoms with van der Waals surface area (Å²) < 4.78 is 107. The first kappa shape index (κ1) is 53.7. The molecule has 18 nitrogen and oxygen atoms in total. The maximum atomic E-state index is 14.0. The fourth-order valence-corrected chi connectivity index (χ4v) is 12.1. The molecule has 0 radical (unpaired) electrons. The van der Waals surface area contributed by atoms with E-state index in [0.717, 1.165) is 43.0 Å². The van der Waals surface area contributed by atoms with Crippen molar-refractivity contribution in [1.29, 1.82) is 0 Å². The van der Waals surface area contributed by atoms with E-state index in [4.69, 9.17) is 37.9 Å². The molecule has 0 fully saturated rings. The molecule has 400 valence electrons. The van der Waals surface area contributed by atoms with Crippen molar-refractivity contribution in [2.45, 2.75) is 35.5 Å². The number of aromatic nitrogens is 2. The van der Waals surface area contributed by atoms with Crippen LogP contribution in [-0.2, 0) is 43.7 Å². The van der Waals surface area contributed by atoms with Crippen molar-refractivity contribution in [3.8, 4) is 46.0 Å². The van der Waals surface area contributed by atoms with Crippen LogP contribution in [0, 0.1) is 13.8 Å². The average molecular weight is 1150 g/mol. The van der Waals surface area contributed by atoms with Crippen molar-refractivity contribution in [2.75, 3.05) is 42.0 Å². The minimum atomic E-state index is -4.30. The van der Waals surface area contributed by atoms with Gasteiger partial charge in [0.1, 0.15) is 21.3 Å². The van der Waals surface area contributed by atoms with Crippen molar-refractivity contribution in [2.24, 2.45) is 14.1 Å². The van der Waals surface area contributed by atoms with E-state index in [9.17, 15) is 26.4 Å². The van der Waals surface area contributed by atoms with Gasteiger partial charge in [-0.05, 0) is 120 Å². The highest BCUT2D eigenvalue weighted by atomic mass is 79.9. The minimum absolute atomic E-state index is 0.00616. The summed E-state index contributed by atoms with van der Waals surface area (Å²) >= 11 is 3.49. The quantitative estimate of drug-likeness (QED) is 0.0981. The van der Waals surface area contributed by atoms with Crippen LogP contribution in [0.3, 0.4) is 0 Å². The Morgan fingerprint density at radius 2 is 1.01 bits per heavy atom. The van der Waals surface area contributed by atoms with Gasteiger partial charge in [-0.25, -0.2) is 26.3 Å². The number of hydrogen-bond donors (Lipinski definition) is 2. The Labute approximate surface area is 453 Å². The zero-order valence-corrected chi connectivity index (χ0v) is 46.3. The van der Waals surface area contributed by atoms with Gasteiger partial charge in [-0.3, -0.25) is 9.59 Å². The number of sulfonamides is 2. The van der Waals surface area contributed by atoms with E-state index in [1.165, 1.54) is 40.6 Å². The van der Waals surface area contributed by atoms with Gasteiger partial charge in [-0.2, -0.15) is 0 Å². The Hall–Kier alpha value is -8.14. The third-order valence-corrected chi connectivity index (χ3v) is 16.4. The van der Waals surface area contributed by atoms with Gasteiger partial charge in [0.25, 0.3) is 20.0 Å². The molecule has 2 aliphatic rings. The van der Waals surface area contributed by atoms with E-state index in [0.29, 0.717) is 56.8 Å². The second kappa shape index (κ2) is 21.5. The van der Waals surface area contributed by atoms with E-state index >= 15 is 0 Å². The highest BCUT2D eigenvalue weighted by Crippen LogP contribution is 2.47. The van der Waals surface area contributed by atoms with Crippen molar-refractivity contribution >= 4 is 75.7 Å². The van der Waals surface area contributed by atoms with Gasteiger partial charge in [-0.1, -0.05) is 58.9 Å². The lowest BCUT2D eigenvalue weighted by Crippen LogP contribution is -2.35. The molecule has 2 atom stereocenters. The normalized spacial score (nSPS) is 13.3. The average Bonchev–Trinajstić information content (AvgIpc) is 4.25. The predicted molar refractivity (Wildman–Crippen MR) is 292 cm³/mol. The van der Waals surface area contributed by atoms with Crippen molar-refractivity contribution < 1.29 is 64.3 Å². The molecule has 10 rings (SSSR count). The van der Waals surface area contributed by atoms with Crippen LogP contribution >= 0.6 is 15.9 Å². The standard InChI is InChI=1S/C29H28N2O7S.C27H25BrN2O7S/c1-6-18-8-9-20-21(15-31(3)22(20)12-18)27(19-13-24(36-5)28-25(14-19)37-16-38-28)29(32)30-39(33,34)26-10-7-17(2)11-23(26)35-4;1-15-5-8-24(21(9-15)34-3)38(32,33)29-27(31)25(16-10-22(35-4)26-23(11-16)36-14-37-26)19-13-30(2)20-12-17(28)6-7-18(19)20/h6-15,27H,1,16H2,2-5H3,(H,30,32);5-13,25H,14H2,1-4H3,(H,29,31). The monoisotopic (exact) mass is 1150 g/mol. The molecular weight excluding hydrogens is 1100 g/mol. The molecule has 2 aliphatic heterocycles. The largest absolute Gasteiger partial charge is 0.495 e. The summed E-state index contributed by atoms with van der Waals surface area (Å²) in [6, 6.07) is 27.4. The van der Waals surface area contributed by atoms with Crippen molar-refractivity contribution in [1.82, 2.24) is 18.6 Å². The van der Waals surface area contributed by atoms with Crippen LogP contribution in [0.15, 0.2) is 130 Å². The number of rotatable bonds is 15. The summed E-state index contributed by atoms with van der Waals surface area (Å²) in [4.78, 5) is 27.7. The fraction of sp³-hybridized carbons (Fsp3) is 0.214. The van der Waals surface area contributed by atoms with Crippen LogP contribution in [0.1, 0.15) is 50.8 Å². The van der Waals surface area contributed by atoms with Gasteiger partial charge in [0.15, 0.2) is 23.0 Å². The predicted octanol–water partition coefficient (Wildman–Crippen LogP) is 9.14. The SMILES string of the molecule is C=Cc1ccc2c(C(C(=O)NS(=O)(=O)c3ccc(C)cc3OC)c3cc(OC)c4c(c3)OCO4)cn(C)c2c1.COc1cc(C)ccc1S(=O)(=O)NC(=O)C(c1cc(OC)c2c(c1)OCO2)c1cn(C)c2cc(Br)ccc12. The first-order chi connectivity index (χ1) is 36.8. The first-order valence-corrected chi connectivity index (χ1v) is 27.4. The number of halogens is 1. The smallest absolute Gasteiger partial charge is 0.267 e. The number of carbonyl (C=O) groups excluding carboxylic acids is 2. The zero-order chi connectivity index (χ0) is 55.1. The Morgan fingerprint density at radius 3 is 1.44 bits per heavy atom. The van der Waals surface area contributed by atoms with Crippen molar-refractivity contribution in [3.05, 3.63) is 159 Å². The van der Waals surface area contributed by atoms with E-state index < -0.39 is 43.7 Å². The molecule has 6 aromatic carbocycles. The van der Waals surface area contributed by atoms with Crippen LogP contribution in [0.25, 0.3) is 27.9 Å². The molecule has 2 unspecified atom stereocenters. The summed E-state index contributed by atoms with van der Waals surface area (Å²) in [6.07, 6.45) is 5.37. The number of amides is 2. The highest BCUT2D eigenvalue weighted by Gasteiger charge is 2.36. The van der Waals surface area contributed by atoms with Crippen molar-refractivity contribution in [3.63, 3.8) is 0 Å².